The molecule has 6 heteroatoms. The van der Waals surface area contributed by atoms with Gasteiger partial charge in [-0.15, -0.1) is 0 Å². The molecule has 1 amide bonds. The molecule has 0 bridgehead atoms. The van der Waals surface area contributed by atoms with E-state index in [1.165, 1.54) is 12.1 Å². The van der Waals surface area contributed by atoms with Gasteiger partial charge in [-0.05, 0) is 54.6 Å². The molecule has 2 aromatic carbocycles. The largest absolute Gasteiger partial charge is 0.508 e. The topological polar surface area (TPSA) is 90.5 Å². The quantitative estimate of drug-likeness (QED) is 0.688. The number of aromatic amines is 1. The highest BCUT2D eigenvalue weighted by Crippen LogP contribution is 2.24. The molecule has 28 heavy (non-hydrogen) atoms. The van der Waals surface area contributed by atoms with Gasteiger partial charge in [0.1, 0.15) is 11.4 Å². The van der Waals surface area contributed by atoms with Crippen LogP contribution < -0.4 is 5.56 Å². The number of ketones is 1. The number of pyridine rings is 1. The van der Waals surface area contributed by atoms with Crippen molar-refractivity contribution in [1.82, 2.24) is 9.88 Å². The number of nitrogens with one attached hydrogen (secondary N) is 1. The van der Waals surface area contributed by atoms with E-state index in [-0.39, 0.29) is 34.6 Å². The molecule has 142 valence electrons. The zero-order valence-corrected chi connectivity index (χ0v) is 15.2. The Bertz CT molecular complexity index is 1090. The highest BCUT2D eigenvalue weighted by atomic mass is 16.3. The Morgan fingerprint density at radius 1 is 1.00 bits per heavy atom. The molecule has 1 aromatic heterocycles. The van der Waals surface area contributed by atoms with E-state index in [2.05, 4.69) is 4.98 Å². The molecule has 0 saturated carbocycles. The second kappa shape index (κ2) is 7.31. The molecule has 2 heterocycles. The number of phenols is 1. The summed E-state index contributed by atoms with van der Waals surface area (Å²) in [6.07, 6.45) is 1.15. The first-order chi connectivity index (χ1) is 13.5. The van der Waals surface area contributed by atoms with Crippen LogP contribution in [0.25, 0.3) is 10.8 Å². The van der Waals surface area contributed by atoms with Gasteiger partial charge in [0.2, 0.25) is 0 Å². The smallest absolute Gasteiger partial charge is 0.270 e. The van der Waals surface area contributed by atoms with Gasteiger partial charge in [0, 0.05) is 30.0 Å². The number of piperidine rings is 1. The molecule has 0 atom stereocenters. The first kappa shape index (κ1) is 18.0. The Morgan fingerprint density at radius 3 is 2.39 bits per heavy atom. The molecule has 6 nitrogen and oxygen atoms in total. The maximum atomic E-state index is 12.8. The van der Waals surface area contributed by atoms with E-state index in [4.69, 9.17) is 0 Å². The van der Waals surface area contributed by atoms with Crippen molar-refractivity contribution < 1.29 is 14.7 Å². The lowest BCUT2D eigenvalue weighted by atomic mass is 9.88. The number of carbonyl (C=O) groups is 2. The molecule has 1 fully saturated rings. The predicted octanol–water partition coefficient (Wildman–Crippen LogP) is 2.97. The van der Waals surface area contributed by atoms with Crippen molar-refractivity contribution in [2.45, 2.75) is 12.8 Å². The van der Waals surface area contributed by atoms with Crippen LogP contribution in [0.5, 0.6) is 5.75 Å². The maximum Gasteiger partial charge on any atom is 0.270 e. The Balaban J connectivity index is 1.46. The molecule has 3 aromatic rings. The summed E-state index contributed by atoms with van der Waals surface area (Å²) in [4.78, 5) is 42.0. The summed E-state index contributed by atoms with van der Waals surface area (Å²) in [6, 6.07) is 15.1. The number of carbonyl (C=O) groups excluding carboxylic acids is 2. The monoisotopic (exact) mass is 376 g/mol. The van der Waals surface area contributed by atoms with E-state index in [1.54, 1.807) is 35.2 Å². The second-order valence-electron chi connectivity index (χ2n) is 7.08. The lowest BCUT2D eigenvalue weighted by Crippen LogP contribution is -2.41. The van der Waals surface area contributed by atoms with Crippen LogP contribution in [0.2, 0.25) is 0 Å². The van der Waals surface area contributed by atoms with Gasteiger partial charge >= 0.3 is 0 Å². The average Bonchev–Trinajstić information content (AvgIpc) is 2.73. The molecule has 1 aliphatic rings. The van der Waals surface area contributed by atoms with Gasteiger partial charge in [-0.3, -0.25) is 14.4 Å². The highest BCUT2D eigenvalue weighted by molar-refractivity contribution is 5.99. The van der Waals surface area contributed by atoms with Gasteiger partial charge in [-0.2, -0.15) is 0 Å². The number of amides is 1. The van der Waals surface area contributed by atoms with Crippen molar-refractivity contribution in [3.8, 4) is 5.75 Å². The van der Waals surface area contributed by atoms with E-state index in [9.17, 15) is 19.5 Å². The van der Waals surface area contributed by atoms with E-state index in [0.29, 0.717) is 36.9 Å². The van der Waals surface area contributed by atoms with E-state index >= 15 is 0 Å². The number of rotatable bonds is 3. The lowest BCUT2D eigenvalue weighted by molar-refractivity contribution is 0.0645. The minimum Gasteiger partial charge on any atom is -0.508 e. The van der Waals surface area contributed by atoms with Crippen molar-refractivity contribution >= 4 is 22.5 Å². The fourth-order valence-corrected chi connectivity index (χ4v) is 3.70. The Labute approximate surface area is 161 Å². The predicted molar refractivity (Wildman–Crippen MR) is 106 cm³/mol. The molecule has 0 aliphatic carbocycles. The summed E-state index contributed by atoms with van der Waals surface area (Å²) in [6.45, 7) is 0.921. The molecule has 1 saturated heterocycles. The summed E-state index contributed by atoms with van der Waals surface area (Å²) in [7, 11) is 0. The zero-order chi connectivity index (χ0) is 19.7. The third-order valence-electron chi connectivity index (χ3n) is 5.29. The van der Waals surface area contributed by atoms with E-state index in [1.807, 2.05) is 12.1 Å². The van der Waals surface area contributed by atoms with Gasteiger partial charge in [0.05, 0.1) is 0 Å². The van der Waals surface area contributed by atoms with Crippen LogP contribution in [0.15, 0.2) is 59.4 Å². The average molecular weight is 376 g/mol. The van der Waals surface area contributed by atoms with Crippen molar-refractivity contribution in [1.29, 1.82) is 0 Å². The van der Waals surface area contributed by atoms with Gasteiger partial charge in [0.25, 0.3) is 11.5 Å². The first-order valence-electron chi connectivity index (χ1n) is 9.27. The number of aromatic nitrogens is 1. The third-order valence-corrected chi connectivity index (χ3v) is 5.29. The van der Waals surface area contributed by atoms with Gasteiger partial charge in [-0.25, -0.2) is 0 Å². The first-order valence-corrected chi connectivity index (χ1v) is 9.27. The van der Waals surface area contributed by atoms with Crippen molar-refractivity contribution in [3.63, 3.8) is 0 Å². The van der Waals surface area contributed by atoms with Gasteiger partial charge < -0.3 is 15.0 Å². The van der Waals surface area contributed by atoms with Crippen LogP contribution in [-0.2, 0) is 0 Å². The standard InChI is InChI=1S/C22H20N2O4/c25-17-7-5-14(6-8-17)20(26)15-9-11-24(12-10-15)22(28)19-13-16-3-1-2-4-18(16)21(27)23-19/h1-8,13,15,25H,9-12H2,(H,23,27). The van der Waals surface area contributed by atoms with E-state index in [0.717, 1.165) is 5.39 Å². The Morgan fingerprint density at radius 2 is 1.68 bits per heavy atom. The summed E-state index contributed by atoms with van der Waals surface area (Å²) in [5.74, 6) is -0.213. The van der Waals surface area contributed by atoms with Crippen molar-refractivity contribution in [2.75, 3.05) is 13.1 Å². The molecule has 0 radical (unpaired) electrons. The zero-order valence-electron chi connectivity index (χ0n) is 15.2. The number of aromatic hydroxyl groups is 1. The number of likely N-dealkylation sites (tertiary alicyclic amines) is 1. The third kappa shape index (κ3) is 3.41. The summed E-state index contributed by atoms with van der Waals surface area (Å²) in [5.41, 5.74) is 0.562. The normalized spacial score (nSPS) is 14.9. The summed E-state index contributed by atoms with van der Waals surface area (Å²) in [5, 5.41) is 10.6. The molecule has 0 spiro atoms. The van der Waals surface area contributed by atoms with Crippen LogP contribution in [0, 0.1) is 5.92 Å². The SMILES string of the molecule is O=C(c1ccc(O)cc1)C1CCN(C(=O)c2cc3ccccc3c(=O)[nH]2)CC1. The molecule has 1 aliphatic heterocycles. The van der Waals surface area contributed by atoms with Crippen LogP contribution in [0.3, 0.4) is 0 Å². The number of hydrogen-bond acceptors (Lipinski definition) is 4. The van der Waals surface area contributed by atoms with E-state index < -0.39 is 0 Å². The molecular weight excluding hydrogens is 356 g/mol. The number of fused-ring (bicyclic) bond motifs is 1. The van der Waals surface area contributed by atoms with Gasteiger partial charge in [0.15, 0.2) is 5.78 Å². The summed E-state index contributed by atoms with van der Waals surface area (Å²) >= 11 is 0. The summed E-state index contributed by atoms with van der Waals surface area (Å²) < 4.78 is 0. The molecular formula is C22H20N2O4. The number of nitrogens with zero attached hydrogens (tertiary/aromatic N) is 1. The minimum atomic E-state index is -0.279. The van der Waals surface area contributed by atoms with Crippen molar-refractivity contribution in [2.24, 2.45) is 5.92 Å². The number of hydrogen-bond donors (Lipinski definition) is 2. The Kier molecular flexibility index (Phi) is 4.69. The minimum absolute atomic E-state index is 0.0335. The van der Waals surface area contributed by atoms with Crippen LogP contribution in [0.1, 0.15) is 33.7 Å². The number of H-pyrrole nitrogens is 1. The lowest BCUT2D eigenvalue weighted by Gasteiger charge is -2.31. The van der Waals surface area contributed by atoms with Crippen molar-refractivity contribution in [3.05, 3.63) is 76.2 Å². The van der Waals surface area contributed by atoms with Crippen LogP contribution in [-0.4, -0.2) is 39.8 Å². The molecule has 0 unspecified atom stereocenters. The number of benzene rings is 2. The fraction of sp³-hybridized carbons (Fsp3) is 0.227. The Hall–Kier alpha value is -3.41. The number of phenolic OH excluding ortho intramolecular Hbond substituents is 1. The second-order valence-corrected chi connectivity index (χ2v) is 7.08. The highest BCUT2D eigenvalue weighted by Gasteiger charge is 2.28. The number of Topliss-reactive ketones (excluding diaryl/α,β-unsaturated/α-hetero) is 1. The van der Waals surface area contributed by atoms with Crippen LogP contribution >= 0.6 is 0 Å². The van der Waals surface area contributed by atoms with Crippen LogP contribution in [0.4, 0.5) is 0 Å². The maximum absolute atomic E-state index is 12.8. The molecule has 2 N–H and O–H groups in total. The molecule has 4 rings (SSSR count). The van der Waals surface area contributed by atoms with Gasteiger partial charge in [-0.1, -0.05) is 18.2 Å². The fourth-order valence-electron chi connectivity index (χ4n) is 3.70.